The lowest BCUT2D eigenvalue weighted by atomic mass is 10.1. The van der Waals surface area contributed by atoms with Crippen LogP contribution in [0.3, 0.4) is 0 Å². The van der Waals surface area contributed by atoms with Crippen LogP contribution >= 0.6 is 11.8 Å². The summed E-state index contributed by atoms with van der Waals surface area (Å²) in [5.41, 5.74) is 2.49. The molecule has 1 N–H and O–H groups in total. The van der Waals surface area contributed by atoms with Gasteiger partial charge in [0.1, 0.15) is 5.82 Å². The van der Waals surface area contributed by atoms with E-state index in [1.165, 1.54) is 23.8 Å². The average molecular weight is 300 g/mol. The van der Waals surface area contributed by atoms with Gasteiger partial charge in [-0.1, -0.05) is 12.1 Å². The van der Waals surface area contributed by atoms with Crippen LogP contribution in [0.4, 0.5) is 4.39 Å². The molecule has 0 saturated carbocycles. The number of hydrogen-bond acceptors (Lipinski definition) is 3. The van der Waals surface area contributed by atoms with Crippen molar-refractivity contribution in [1.82, 2.24) is 5.32 Å². The fourth-order valence-electron chi connectivity index (χ4n) is 1.97. The van der Waals surface area contributed by atoms with Crippen molar-refractivity contribution < 1.29 is 4.39 Å². The topological polar surface area (TPSA) is 35.8 Å². The van der Waals surface area contributed by atoms with E-state index in [1.807, 2.05) is 7.05 Å². The maximum absolute atomic E-state index is 13.3. The zero-order valence-electron chi connectivity index (χ0n) is 12.1. The quantitative estimate of drug-likeness (QED) is 0.838. The second-order valence-corrected chi connectivity index (χ2v) is 5.83. The molecule has 0 fully saturated rings. The molecule has 0 aliphatic rings. The predicted molar refractivity (Wildman–Crippen MR) is 84.6 cm³/mol. The van der Waals surface area contributed by atoms with Crippen molar-refractivity contribution >= 4 is 11.8 Å². The molecule has 2 aromatic rings. The Labute approximate surface area is 129 Å². The van der Waals surface area contributed by atoms with E-state index < -0.39 is 0 Å². The molecule has 0 aliphatic heterocycles. The first-order chi connectivity index (χ1) is 10.1. The number of rotatable bonds is 5. The van der Waals surface area contributed by atoms with Crippen LogP contribution in [0, 0.1) is 17.1 Å². The number of nitriles is 1. The summed E-state index contributed by atoms with van der Waals surface area (Å²) in [6, 6.07) is 15.0. The fraction of sp³-hybridized carbons (Fsp3) is 0.235. The number of nitrogens with zero attached hydrogens (tertiary/aromatic N) is 1. The van der Waals surface area contributed by atoms with Gasteiger partial charge in [-0.2, -0.15) is 5.26 Å². The second kappa shape index (κ2) is 7.26. The minimum absolute atomic E-state index is 0.303. The highest BCUT2D eigenvalue weighted by atomic mass is 32.2. The Kier molecular flexibility index (Phi) is 5.38. The third-order valence-electron chi connectivity index (χ3n) is 3.40. The lowest BCUT2D eigenvalue weighted by Gasteiger charge is -2.11. The summed E-state index contributed by atoms with van der Waals surface area (Å²) < 4.78 is 13.3. The van der Waals surface area contributed by atoms with E-state index in [1.54, 1.807) is 11.8 Å². The van der Waals surface area contributed by atoms with Gasteiger partial charge >= 0.3 is 0 Å². The van der Waals surface area contributed by atoms with E-state index in [-0.39, 0.29) is 5.82 Å². The minimum atomic E-state index is -0.303. The van der Waals surface area contributed by atoms with Crippen LogP contribution in [-0.4, -0.2) is 7.05 Å². The van der Waals surface area contributed by atoms with Crippen molar-refractivity contribution in [1.29, 1.82) is 5.26 Å². The van der Waals surface area contributed by atoms with Gasteiger partial charge in [-0.05, 0) is 55.4 Å². The Hall–Kier alpha value is -1.83. The van der Waals surface area contributed by atoms with Crippen molar-refractivity contribution in [2.45, 2.75) is 23.6 Å². The van der Waals surface area contributed by atoms with E-state index in [9.17, 15) is 4.39 Å². The molecular weight excluding hydrogens is 283 g/mol. The summed E-state index contributed by atoms with van der Waals surface area (Å²) in [6.45, 7) is 2.11. The predicted octanol–water partition coefficient (Wildman–Crippen LogP) is 4.27. The van der Waals surface area contributed by atoms with Crippen LogP contribution in [0.5, 0.6) is 0 Å². The Morgan fingerprint density at radius 2 is 1.95 bits per heavy atom. The van der Waals surface area contributed by atoms with E-state index in [2.05, 4.69) is 42.6 Å². The highest BCUT2D eigenvalue weighted by Gasteiger charge is 2.06. The van der Waals surface area contributed by atoms with E-state index >= 15 is 0 Å². The Morgan fingerprint density at radius 1 is 1.24 bits per heavy atom. The Morgan fingerprint density at radius 3 is 2.57 bits per heavy atom. The summed E-state index contributed by atoms with van der Waals surface area (Å²) >= 11 is 1.60. The molecule has 21 heavy (non-hydrogen) atoms. The van der Waals surface area contributed by atoms with Gasteiger partial charge in [0, 0.05) is 16.7 Å². The van der Waals surface area contributed by atoms with Crippen LogP contribution < -0.4 is 5.32 Å². The molecule has 108 valence electrons. The van der Waals surface area contributed by atoms with Crippen molar-refractivity contribution in [2.75, 3.05) is 7.05 Å². The normalized spacial score (nSPS) is 11.9. The molecule has 1 unspecified atom stereocenters. The van der Waals surface area contributed by atoms with Crippen LogP contribution in [0.25, 0.3) is 0 Å². The molecule has 0 bridgehead atoms. The fourth-order valence-corrected chi connectivity index (χ4v) is 2.86. The molecule has 0 spiro atoms. The maximum Gasteiger partial charge on any atom is 0.123 e. The Balaban J connectivity index is 2.07. The van der Waals surface area contributed by atoms with Gasteiger partial charge < -0.3 is 5.32 Å². The monoisotopic (exact) mass is 300 g/mol. The lowest BCUT2D eigenvalue weighted by molar-refractivity contribution is 0.626. The number of nitrogens with one attached hydrogen (secondary N) is 1. The van der Waals surface area contributed by atoms with Crippen LogP contribution in [-0.2, 0) is 5.75 Å². The molecule has 0 saturated heterocycles. The van der Waals surface area contributed by atoms with Crippen molar-refractivity contribution in [3.63, 3.8) is 0 Å². The van der Waals surface area contributed by atoms with Crippen LogP contribution in [0.15, 0.2) is 47.4 Å². The lowest BCUT2D eigenvalue weighted by Crippen LogP contribution is -2.11. The van der Waals surface area contributed by atoms with Gasteiger partial charge in [0.15, 0.2) is 0 Å². The molecule has 2 nitrogen and oxygen atoms in total. The number of benzene rings is 2. The zero-order valence-corrected chi connectivity index (χ0v) is 12.9. The van der Waals surface area contributed by atoms with Gasteiger partial charge in [-0.15, -0.1) is 11.8 Å². The first-order valence-corrected chi connectivity index (χ1v) is 7.71. The zero-order chi connectivity index (χ0) is 15.2. The van der Waals surface area contributed by atoms with Gasteiger partial charge in [0.2, 0.25) is 0 Å². The first-order valence-electron chi connectivity index (χ1n) is 6.72. The van der Waals surface area contributed by atoms with Gasteiger partial charge in [-0.25, -0.2) is 4.39 Å². The number of thioether (sulfide) groups is 1. The third-order valence-corrected chi connectivity index (χ3v) is 4.46. The first kappa shape index (κ1) is 15.6. The van der Waals surface area contributed by atoms with Gasteiger partial charge in [0.25, 0.3) is 0 Å². The average Bonchev–Trinajstić information content (AvgIpc) is 2.52. The van der Waals surface area contributed by atoms with Crippen molar-refractivity contribution in [3.8, 4) is 6.07 Å². The van der Waals surface area contributed by atoms with Crippen molar-refractivity contribution in [2.24, 2.45) is 0 Å². The summed E-state index contributed by atoms with van der Waals surface area (Å²) in [5.74, 6) is 0.282. The molecule has 2 rings (SSSR count). The summed E-state index contributed by atoms with van der Waals surface area (Å²) in [7, 11) is 1.93. The van der Waals surface area contributed by atoms with Gasteiger partial charge in [0.05, 0.1) is 11.6 Å². The molecule has 0 aliphatic carbocycles. The molecule has 0 radical (unpaired) electrons. The summed E-state index contributed by atoms with van der Waals surface area (Å²) in [6.07, 6.45) is 0. The molecule has 0 aromatic heterocycles. The number of halogens is 1. The minimum Gasteiger partial charge on any atom is -0.313 e. The smallest absolute Gasteiger partial charge is 0.123 e. The molecule has 2 aromatic carbocycles. The van der Waals surface area contributed by atoms with E-state index in [0.29, 0.717) is 17.4 Å². The number of hydrogen-bond donors (Lipinski definition) is 1. The molecule has 0 amide bonds. The second-order valence-electron chi connectivity index (χ2n) is 4.78. The molecular formula is C17H17FN2S. The highest BCUT2D eigenvalue weighted by Crippen LogP contribution is 2.26. The molecule has 4 heteroatoms. The van der Waals surface area contributed by atoms with Crippen LogP contribution in [0.1, 0.15) is 29.7 Å². The van der Waals surface area contributed by atoms with E-state index in [4.69, 9.17) is 5.26 Å². The molecule has 1 atom stereocenters. The largest absolute Gasteiger partial charge is 0.313 e. The SMILES string of the molecule is CNC(C)c1ccc(SCc2cc(F)ccc2C#N)cc1. The maximum atomic E-state index is 13.3. The van der Waals surface area contributed by atoms with Crippen molar-refractivity contribution in [3.05, 3.63) is 65.0 Å². The van der Waals surface area contributed by atoms with Crippen LogP contribution in [0.2, 0.25) is 0 Å². The Bertz CT molecular complexity index is 647. The summed E-state index contributed by atoms with van der Waals surface area (Å²) in [4.78, 5) is 1.11. The molecule has 0 heterocycles. The van der Waals surface area contributed by atoms with E-state index in [0.717, 1.165) is 10.5 Å². The standard InChI is InChI=1S/C17H17FN2S/c1-12(20-2)13-4-7-17(8-5-13)21-11-15-9-16(18)6-3-14(15)10-19/h3-9,12,20H,11H2,1-2H3. The summed E-state index contributed by atoms with van der Waals surface area (Å²) in [5, 5.41) is 12.2. The third kappa shape index (κ3) is 4.07. The highest BCUT2D eigenvalue weighted by molar-refractivity contribution is 7.98. The van der Waals surface area contributed by atoms with Gasteiger partial charge in [-0.3, -0.25) is 0 Å².